The van der Waals surface area contributed by atoms with Crippen LogP contribution in [0.1, 0.15) is 54.7 Å². The van der Waals surface area contributed by atoms with Crippen LogP contribution < -0.4 is 0 Å². The molecule has 0 heterocycles. The normalized spacial score (nSPS) is 24.4. The Hall–Kier alpha value is -1.22. The minimum Gasteiger partial charge on any atom is -0.127 e. The molecule has 1 heteroatoms. The second-order valence-corrected chi connectivity index (χ2v) is 9.35. The van der Waals surface area contributed by atoms with Crippen molar-refractivity contribution in [3.05, 3.63) is 76.9 Å². The number of alkyl halides is 1. The van der Waals surface area contributed by atoms with Crippen molar-refractivity contribution in [2.75, 3.05) is 0 Å². The van der Waals surface area contributed by atoms with Gasteiger partial charge in [-0.15, -0.1) is 20.7 Å². The molecule has 1 aromatic carbocycles. The average Bonchev–Trinajstić information content (AvgIpc) is 2.62. The highest BCUT2D eigenvalue weighted by Crippen LogP contribution is 2.41. The molecule has 1 saturated carbocycles. The van der Waals surface area contributed by atoms with Crippen LogP contribution in [0.4, 0.5) is 0 Å². The molecule has 2 unspecified atom stereocenters. The van der Waals surface area contributed by atoms with Gasteiger partial charge in [-0.25, -0.2) is 0 Å². The third kappa shape index (κ3) is 4.05. The van der Waals surface area contributed by atoms with Crippen molar-refractivity contribution in [2.45, 2.75) is 48.9 Å². The Morgan fingerprint density at radius 3 is 2.79 bits per heavy atom. The summed E-state index contributed by atoms with van der Waals surface area (Å²) < 4.78 is 5.18. The Morgan fingerprint density at radius 1 is 1.17 bits per heavy atom. The van der Waals surface area contributed by atoms with Gasteiger partial charge in [-0.3, -0.25) is 0 Å². The molecule has 2 atom stereocenters. The predicted octanol–water partition coefficient (Wildman–Crippen LogP) is 6.88. The molecule has 3 rings (SSSR count). The van der Waals surface area contributed by atoms with E-state index in [0.29, 0.717) is 0 Å². The number of aryl methyl sites for hydroxylation is 1. The Balaban J connectivity index is 1.86. The van der Waals surface area contributed by atoms with E-state index in [9.17, 15) is 0 Å². The minimum atomic E-state index is 0.0760. The van der Waals surface area contributed by atoms with Crippen molar-refractivity contribution in [3.63, 3.8) is 0 Å². The van der Waals surface area contributed by atoms with Crippen LogP contribution in [0.15, 0.2) is 60.2 Å². The predicted molar refractivity (Wildman–Crippen MR) is 117 cm³/mol. The maximum atomic E-state index is 4.32. The summed E-state index contributed by atoms with van der Waals surface area (Å²) in [7, 11) is 0. The van der Waals surface area contributed by atoms with Crippen LogP contribution >= 0.6 is 20.7 Å². The first-order chi connectivity index (χ1) is 11.7. The van der Waals surface area contributed by atoms with Gasteiger partial charge < -0.3 is 0 Å². The molecule has 0 aliphatic heterocycles. The fourth-order valence-corrected chi connectivity index (χ4v) is 6.00. The van der Waals surface area contributed by atoms with Gasteiger partial charge in [-0.05, 0) is 59.9 Å². The highest BCUT2D eigenvalue weighted by atomic mass is 127. The Morgan fingerprint density at radius 2 is 2.00 bits per heavy atom. The summed E-state index contributed by atoms with van der Waals surface area (Å²) in [5.41, 5.74) is 6.78. The smallest absolute Gasteiger partial charge is 0.0126 e. The maximum absolute atomic E-state index is 4.32. The average molecular weight is 430 g/mol. The fraction of sp³-hybridized carbons (Fsp3) is 0.348. The number of halogens is 1. The van der Waals surface area contributed by atoms with Gasteiger partial charge in [0.05, 0.1) is 0 Å². The number of rotatable bonds is 4. The van der Waals surface area contributed by atoms with E-state index in [1.54, 1.807) is 5.56 Å². The van der Waals surface area contributed by atoms with Crippen molar-refractivity contribution >= 4 is 31.3 Å². The summed E-state index contributed by atoms with van der Waals surface area (Å²) in [5, 5.41) is 0. The van der Waals surface area contributed by atoms with Crippen molar-refractivity contribution in [2.24, 2.45) is 0 Å². The molecule has 0 N–H and O–H groups in total. The largest absolute Gasteiger partial charge is 0.127 e. The van der Waals surface area contributed by atoms with Gasteiger partial charge >= 0.3 is 0 Å². The SMILES string of the molecule is C=IC1CCCCC1c1cc(/C=C\C2=CC=CCC2=C)ccc1C. The van der Waals surface area contributed by atoms with Crippen molar-refractivity contribution < 1.29 is 0 Å². The molecule has 0 nitrogen and oxygen atoms in total. The van der Waals surface area contributed by atoms with E-state index >= 15 is 0 Å². The van der Waals surface area contributed by atoms with Gasteiger partial charge in [-0.2, -0.15) is 0 Å². The molecule has 0 bridgehead atoms. The van der Waals surface area contributed by atoms with Crippen LogP contribution in [-0.4, -0.2) is 8.44 Å². The molecule has 126 valence electrons. The number of benzene rings is 1. The lowest BCUT2D eigenvalue weighted by molar-refractivity contribution is 0.466. The van der Waals surface area contributed by atoms with Crippen LogP contribution in [-0.2, 0) is 0 Å². The molecule has 2 aliphatic carbocycles. The first kappa shape index (κ1) is 17.6. The van der Waals surface area contributed by atoms with Crippen molar-refractivity contribution in [1.82, 2.24) is 0 Å². The summed E-state index contributed by atoms with van der Waals surface area (Å²) >= 11 is 0.0760. The third-order valence-electron chi connectivity index (χ3n) is 5.22. The highest BCUT2D eigenvalue weighted by Gasteiger charge is 2.25. The van der Waals surface area contributed by atoms with Crippen LogP contribution in [0.3, 0.4) is 0 Å². The molecule has 1 aromatic rings. The van der Waals surface area contributed by atoms with E-state index in [2.05, 4.69) is 66.6 Å². The zero-order chi connectivity index (χ0) is 16.9. The number of hydrogen-bond acceptors (Lipinski definition) is 0. The van der Waals surface area contributed by atoms with E-state index in [1.165, 1.54) is 48.0 Å². The van der Waals surface area contributed by atoms with Crippen LogP contribution in [0.2, 0.25) is 0 Å². The van der Waals surface area contributed by atoms with Gasteiger partial charge in [-0.1, -0.05) is 72.5 Å². The zero-order valence-electron chi connectivity index (χ0n) is 14.6. The second kappa shape index (κ2) is 8.24. The molecule has 0 radical (unpaired) electrons. The molecule has 1 fully saturated rings. The van der Waals surface area contributed by atoms with Crippen LogP contribution in [0.25, 0.3) is 6.08 Å². The lowest BCUT2D eigenvalue weighted by Crippen LogP contribution is -2.18. The van der Waals surface area contributed by atoms with Crippen molar-refractivity contribution in [3.8, 4) is 0 Å². The second-order valence-electron chi connectivity index (χ2n) is 6.87. The molecular formula is C23H27I. The molecule has 0 saturated heterocycles. The molecule has 0 spiro atoms. The van der Waals surface area contributed by atoms with Gasteiger partial charge in [0, 0.05) is 3.92 Å². The Kier molecular flexibility index (Phi) is 6.04. The van der Waals surface area contributed by atoms with E-state index in [0.717, 1.165) is 16.3 Å². The lowest BCUT2D eigenvalue weighted by Gasteiger charge is -2.30. The molecule has 0 aromatic heterocycles. The highest BCUT2D eigenvalue weighted by molar-refractivity contribution is 14.2. The summed E-state index contributed by atoms with van der Waals surface area (Å²) in [6, 6.07) is 6.97. The standard InChI is InChI=1S/C23H27I/c1-17-8-4-5-9-20(17)15-14-19-13-12-18(2)22(16-19)21-10-6-7-11-23(21)24-3/h4-5,9,12-16,21,23H,1,3,6-8,10-11H2,2H3/b15-14-. The van der Waals surface area contributed by atoms with Crippen molar-refractivity contribution in [1.29, 1.82) is 0 Å². The van der Waals surface area contributed by atoms with E-state index < -0.39 is 0 Å². The molecular weight excluding hydrogens is 403 g/mol. The summed E-state index contributed by atoms with van der Waals surface area (Å²) in [4.78, 5) is 0. The van der Waals surface area contributed by atoms with Gasteiger partial charge in [0.25, 0.3) is 0 Å². The Labute approximate surface area is 156 Å². The summed E-state index contributed by atoms with van der Waals surface area (Å²) in [5.74, 6) is 0.740. The first-order valence-corrected chi connectivity index (χ1v) is 11.7. The van der Waals surface area contributed by atoms with Gasteiger partial charge in [0.1, 0.15) is 0 Å². The minimum absolute atomic E-state index is 0.0760. The molecule has 2 aliphatic rings. The molecule has 24 heavy (non-hydrogen) atoms. The zero-order valence-corrected chi connectivity index (χ0v) is 16.8. The van der Waals surface area contributed by atoms with Gasteiger partial charge in [0.2, 0.25) is 0 Å². The van der Waals surface area contributed by atoms with Crippen LogP contribution in [0.5, 0.6) is 0 Å². The quantitative estimate of drug-likeness (QED) is 0.361. The third-order valence-corrected chi connectivity index (χ3v) is 7.84. The maximum Gasteiger partial charge on any atom is 0.0126 e. The molecule has 0 amide bonds. The monoisotopic (exact) mass is 430 g/mol. The van der Waals surface area contributed by atoms with Crippen LogP contribution in [0, 0.1) is 6.92 Å². The fourth-order valence-electron chi connectivity index (χ4n) is 3.76. The lowest BCUT2D eigenvalue weighted by atomic mass is 9.81. The first-order valence-electron chi connectivity index (χ1n) is 8.89. The summed E-state index contributed by atoms with van der Waals surface area (Å²) in [6.45, 7) is 6.43. The van der Waals surface area contributed by atoms with E-state index in [-0.39, 0.29) is 20.7 Å². The summed E-state index contributed by atoms with van der Waals surface area (Å²) in [6.07, 6.45) is 17.4. The topological polar surface area (TPSA) is 0 Å². The van der Waals surface area contributed by atoms with E-state index in [1.807, 2.05) is 0 Å². The van der Waals surface area contributed by atoms with Gasteiger partial charge in [0.15, 0.2) is 0 Å². The Bertz CT molecular complexity index is 718. The number of hydrogen-bond donors (Lipinski definition) is 0. The van der Waals surface area contributed by atoms with E-state index in [4.69, 9.17) is 0 Å². The number of allylic oxidation sites excluding steroid dienone is 6.